The second-order valence-electron chi connectivity index (χ2n) is 5.12. The molecule has 0 N–H and O–H groups in total. The van der Waals surface area contributed by atoms with Crippen LogP contribution in [0.5, 0.6) is 5.75 Å². The van der Waals surface area contributed by atoms with Crippen LogP contribution < -0.4 is 4.74 Å². The van der Waals surface area contributed by atoms with Gasteiger partial charge in [0.15, 0.2) is 0 Å². The van der Waals surface area contributed by atoms with E-state index in [1.54, 1.807) is 7.11 Å². The average molecular weight is 238 g/mol. The summed E-state index contributed by atoms with van der Waals surface area (Å²) in [6.07, 6.45) is 0. The molecule has 0 aliphatic heterocycles. The Kier molecular flexibility index (Phi) is 3.95. The van der Waals surface area contributed by atoms with Crippen molar-refractivity contribution in [3.8, 4) is 5.75 Å². The molecule has 0 aromatic heterocycles. The minimum atomic E-state index is -0.111. The van der Waals surface area contributed by atoms with Crippen LogP contribution in [0.15, 0.2) is 12.1 Å². The van der Waals surface area contributed by atoms with E-state index in [-0.39, 0.29) is 4.75 Å². The molecular weight excluding hydrogens is 216 g/mol. The molecule has 0 saturated carbocycles. The lowest BCUT2D eigenvalue weighted by molar-refractivity contribution is 0.407. The third kappa shape index (κ3) is 2.73. The first kappa shape index (κ1) is 13.4. The average Bonchev–Trinajstić information content (AvgIpc) is 2.14. The number of methoxy groups -OCH3 is 1. The maximum absolute atomic E-state index is 5.43. The third-order valence-corrected chi connectivity index (χ3v) is 3.10. The normalized spacial score (nSPS) is 12.0. The van der Waals surface area contributed by atoms with Gasteiger partial charge in [0, 0.05) is 4.75 Å². The molecule has 1 nitrogen and oxygen atoms in total. The molecule has 90 valence electrons. The molecule has 0 saturated heterocycles. The van der Waals surface area contributed by atoms with Gasteiger partial charge in [-0.15, -0.1) is 0 Å². The zero-order chi connectivity index (χ0) is 12.5. The van der Waals surface area contributed by atoms with Crippen molar-refractivity contribution in [1.29, 1.82) is 0 Å². The van der Waals surface area contributed by atoms with Crippen LogP contribution in [-0.2, 0) is 4.75 Å². The van der Waals surface area contributed by atoms with Crippen LogP contribution in [0.4, 0.5) is 0 Å². The van der Waals surface area contributed by atoms with E-state index in [1.807, 2.05) is 0 Å². The molecule has 0 heterocycles. The summed E-state index contributed by atoms with van der Waals surface area (Å²) in [7, 11) is 1.73. The van der Waals surface area contributed by atoms with Crippen molar-refractivity contribution in [1.82, 2.24) is 0 Å². The van der Waals surface area contributed by atoms with Gasteiger partial charge in [0.2, 0.25) is 0 Å². The lowest BCUT2D eigenvalue weighted by Gasteiger charge is -2.24. The molecule has 2 heteroatoms. The summed E-state index contributed by atoms with van der Waals surface area (Å²) in [4.78, 5) is 0. The summed E-state index contributed by atoms with van der Waals surface area (Å²) in [5, 5.41) is 0. The number of thiol groups is 1. The summed E-state index contributed by atoms with van der Waals surface area (Å²) in [5.74, 6) is 1.44. The molecule has 1 aromatic rings. The van der Waals surface area contributed by atoms with Gasteiger partial charge in [-0.1, -0.05) is 19.9 Å². The van der Waals surface area contributed by atoms with Crippen LogP contribution in [0.1, 0.15) is 50.3 Å². The minimum Gasteiger partial charge on any atom is -0.496 e. The number of hydrogen-bond acceptors (Lipinski definition) is 2. The first-order valence-corrected chi connectivity index (χ1v) is 6.13. The SMILES string of the molecule is COc1cc(C)c(C(C)(C)S)cc1C(C)C. The van der Waals surface area contributed by atoms with Crippen LogP contribution >= 0.6 is 12.6 Å². The fourth-order valence-electron chi connectivity index (χ4n) is 1.99. The van der Waals surface area contributed by atoms with Gasteiger partial charge in [-0.05, 0) is 49.4 Å². The smallest absolute Gasteiger partial charge is 0.122 e. The Morgan fingerprint density at radius 2 is 1.81 bits per heavy atom. The lowest BCUT2D eigenvalue weighted by atomic mass is 9.91. The molecule has 0 aliphatic carbocycles. The fraction of sp³-hybridized carbons (Fsp3) is 0.571. The molecule has 0 fully saturated rings. The summed E-state index contributed by atoms with van der Waals surface area (Å²) in [5.41, 5.74) is 3.77. The highest BCUT2D eigenvalue weighted by Crippen LogP contribution is 2.36. The van der Waals surface area contributed by atoms with Crippen molar-refractivity contribution in [2.24, 2.45) is 0 Å². The largest absolute Gasteiger partial charge is 0.496 e. The van der Waals surface area contributed by atoms with Crippen LogP contribution in [-0.4, -0.2) is 7.11 Å². The predicted molar refractivity (Wildman–Crippen MR) is 73.8 cm³/mol. The highest BCUT2D eigenvalue weighted by molar-refractivity contribution is 7.81. The van der Waals surface area contributed by atoms with E-state index < -0.39 is 0 Å². The first-order valence-electron chi connectivity index (χ1n) is 5.68. The highest BCUT2D eigenvalue weighted by Gasteiger charge is 2.20. The van der Waals surface area contributed by atoms with E-state index in [2.05, 4.69) is 59.4 Å². The molecule has 16 heavy (non-hydrogen) atoms. The Hall–Kier alpha value is -0.630. The molecule has 1 rings (SSSR count). The van der Waals surface area contributed by atoms with Crippen molar-refractivity contribution < 1.29 is 4.74 Å². The maximum atomic E-state index is 5.43. The van der Waals surface area contributed by atoms with Crippen LogP contribution in [0.25, 0.3) is 0 Å². The zero-order valence-corrected chi connectivity index (χ0v) is 12.0. The van der Waals surface area contributed by atoms with Gasteiger partial charge in [-0.25, -0.2) is 0 Å². The zero-order valence-electron chi connectivity index (χ0n) is 11.1. The van der Waals surface area contributed by atoms with E-state index >= 15 is 0 Å². The van der Waals surface area contributed by atoms with Crippen LogP contribution in [0.2, 0.25) is 0 Å². The van der Waals surface area contributed by atoms with Crippen molar-refractivity contribution in [3.63, 3.8) is 0 Å². The number of rotatable bonds is 3. The number of aryl methyl sites for hydroxylation is 1. The van der Waals surface area contributed by atoms with Crippen molar-refractivity contribution in [3.05, 3.63) is 28.8 Å². The number of ether oxygens (including phenoxy) is 1. The van der Waals surface area contributed by atoms with Gasteiger partial charge in [0.05, 0.1) is 7.11 Å². The molecule has 0 atom stereocenters. The second-order valence-corrected chi connectivity index (χ2v) is 6.24. The van der Waals surface area contributed by atoms with Gasteiger partial charge in [-0.2, -0.15) is 12.6 Å². The lowest BCUT2D eigenvalue weighted by Crippen LogP contribution is -2.11. The van der Waals surface area contributed by atoms with Crippen LogP contribution in [0, 0.1) is 6.92 Å². The van der Waals surface area contributed by atoms with E-state index in [0.717, 1.165) is 5.75 Å². The number of benzene rings is 1. The van der Waals surface area contributed by atoms with Crippen LogP contribution in [0.3, 0.4) is 0 Å². The summed E-state index contributed by atoms with van der Waals surface area (Å²) in [6.45, 7) is 10.7. The molecular formula is C14H22OS. The Bertz CT molecular complexity index is 375. The standard InChI is InChI=1S/C14H22OS/c1-9(2)11-8-12(14(4,5)16)10(3)7-13(11)15-6/h7-9,16H,1-6H3. The summed E-state index contributed by atoms with van der Waals surface area (Å²) in [6, 6.07) is 4.34. The summed E-state index contributed by atoms with van der Waals surface area (Å²) < 4.78 is 5.32. The predicted octanol–water partition coefficient (Wildman–Crippen LogP) is 4.29. The molecule has 1 aromatic carbocycles. The van der Waals surface area contributed by atoms with Gasteiger partial charge in [-0.3, -0.25) is 0 Å². The van der Waals surface area contributed by atoms with Gasteiger partial charge in [0.1, 0.15) is 5.75 Å². The Morgan fingerprint density at radius 1 is 1.25 bits per heavy atom. The Balaban J connectivity index is 3.39. The molecule has 0 unspecified atom stereocenters. The number of hydrogen-bond donors (Lipinski definition) is 1. The van der Waals surface area contributed by atoms with Gasteiger partial charge < -0.3 is 4.74 Å². The quantitative estimate of drug-likeness (QED) is 0.773. The Labute approximate surface area is 105 Å². The molecule has 0 radical (unpaired) electrons. The topological polar surface area (TPSA) is 9.23 Å². The Morgan fingerprint density at radius 3 is 2.19 bits per heavy atom. The molecule has 0 spiro atoms. The fourth-order valence-corrected chi connectivity index (χ4v) is 2.23. The molecule has 0 bridgehead atoms. The molecule has 0 aliphatic rings. The second kappa shape index (κ2) is 4.70. The maximum Gasteiger partial charge on any atom is 0.122 e. The van der Waals surface area contributed by atoms with E-state index in [4.69, 9.17) is 4.74 Å². The van der Waals surface area contributed by atoms with E-state index in [1.165, 1.54) is 16.7 Å². The van der Waals surface area contributed by atoms with Gasteiger partial charge >= 0.3 is 0 Å². The third-order valence-electron chi connectivity index (χ3n) is 2.86. The molecule has 0 amide bonds. The highest BCUT2D eigenvalue weighted by atomic mass is 32.1. The monoisotopic (exact) mass is 238 g/mol. The van der Waals surface area contributed by atoms with Crippen molar-refractivity contribution in [2.45, 2.75) is 45.3 Å². The summed E-state index contributed by atoms with van der Waals surface area (Å²) >= 11 is 4.65. The minimum absolute atomic E-state index is 0.111. The van der Waals surface area contributed by atoms with Crippen molar-refractivity contribution >= 4 is 12.6 Å². The van der Waals surface area contributed by atoms with Gasteiger partial charge in [0.25, 0.3) is 0 Å². The van der Waals surface area contributed by atoms with E-state index in [9.17, 15) is 0 Å². The first-order chi connectivity index (χ1) is 7.27. The van der Waals surface area contributed by atoms with Crippen molar-refractivity contribution in [2.75, 3.05) is 7.11 Å². The van der Waals surface area contributed by atoms with E-state index in [0.29, 0.717) is 5.92 Å².